The summed E-state index contributed by atoms with van der Waals surface area (Å²) in [5.74, 6) is -3.36. The van der Waals surface area contributed by atoms with Crippen LogP contribution in [0.25, 0.3) is 0 Å². The third-order valence-corrected chi connectivity index (χ3v) is 2.90. The lowest BCUT2D eigenvalue weighted by atomic mass is 10.1. The minimum atomic E-state index is -5.25. The molecular weight excluding hydrogens is 317 g/mol. The second-order valence-electron chi connectivity index (χ2n) is 4.52. The molecule has 0 aliphatic carbocycles. The quantitative estimate of drug-likeness (QED) is 0.678. The van der Waals surface area contributed by atoms with Crippen LogP contribution in [0.15, 0.2) is 6.20 Å². The number of ether oxygens (including phenoxy) is 2. The van der Waals surface area contributed by atoms with Crippen molar-refractivity contribution in [1.82, 2.24) is 9.78 Å². The number of alkyl halides is 5. The fourth-order valence-electron chi connectivity index (χ4n) is 1.86. The van der Waals surface area contributed by atoms with Gasteiger partial charge in [-0.3, -0.25) is 0 Å². The number of hydrogen-bond acceptors (Lipinski definition) is 5. The van der Waals surface area contributed by atoms with Gasteiger partial charge in [-0.1, -0.05) is 0 Å². The molecule has 22 heavy (non-hydrogen) atoms. The number of carbonyl (C=O) groups is 1. The Morgan fingerprint density at radius 2 is 2.05 bits per heavy atom. The fourth-order valence-corrected chi connectivity index (χ4v) is 1.86. The molecule has 1 fully saturated rings. The zero-order chi connectivity index (χ0) is 16.3. The molecular formula is C11H12F5N3O3. The van der Waals surface area contributed by atoms with Crippen LogP contribution in [0.4, 0.5) is 27.6 Å². The van der Waals surface area contributed by atoms with Crippen molar-refractivity contribution in [3.63, 3.8) is 0 Å². The van der Waals surface area contributed by atoms with Crippen molar-refractivity contribution in [3.8, 4) is 5.88 Å². The average Bonchev–Trinajstić information content (AvgIpc) is 2.82. The largest absolute Gasteiger partial charge is 0.491 e. The SMILES string of the molecule is O=C(Oc1nn(C(F)F)cc1NC1CCOCC1)C(F)(F)F. The summed E-state index contributed by atoms with van der Waals surface area (Å²) in [6, 6.07) is -0.201. The average molecular weight is 329 g/mol. The molecule has 1 aliphatic heterocycles. The van der Waals surface area contributed by atoms with Crippen LogP contribution in [0.3, 0.4) is 0 Å². The van der Waals surface area contributed by atoms with E-state index in [0.717, 1.165) is 6.20 Å². The van der Waals surface area contributed by atoms with E-state index in [2.05, 4.69) is 15.2 Å². The molecule has 0 saturated carbocycles. The molecule has 2 heterocycles. The van der Waals surface area contributed by atoms with Gasteiger partial charge in [0.15, 0.2) is 0 Å². The first-order chi connectivity index (χ1) is 10.3. The van der Waals surface area contributed by atoms with Crippen molar-refractivity contribution in [2.45, 2.75) is 31.6 Å². The predicted octanol–water partition coefficient (Wildman–Crippen LogP) is 2.34. The number of anilines is 1. The molecule has 0 spiro atoms. The van der Waals surface area contributed by atoms with E-state index in [4.69, 9.17) is 4.74 Å². The summed E-state index contributed by atoms with van der Waals surface area (Å²) >= 11 is 0. The highest BCUT2D eigenvalue weighted by Gasteiger charge is 2.42. The van der Waals surface area contributed by atoms with E-state index in [9.17, 15) is 26.7 Å². The van der Waals surface area contributed by atoms with E-state index >= 15 is 0 Å². The van der Waals surface area contributed by atoms with Crippen LogP contribution in [0.5, 0.6) is 5.88 Å². The van der Waals surface area contributed by atoms with Crippen molar-refractivity contribution in [2.24, 2.45) is 0 Å². The zero-order valence-corrected chi connectivity index (χ0v) is 11.1. The fraction of sp³-hybridized carbons (Fsp3) is 0.636. The third-order valence-electron chi connectivity index (χ3n) is 2.90. The Morgan fingerprint density at radius 1 is 1.41 bits per heavy atom. The molecule has 1 aromatic rings. The lowest BCUT2D eigenvalue weighted by molar-refractivity contribution is -0.190. The predicted molar refractivity (Wildman–Crippen MR) is 62.6 cm³/mol. The van der Waals surface area contributed by atoms with Crippen LogP contribution in [-0.2, 0) is 9.53 Å². The molecule has 1 aliphatic rings. The zero-order valence-electron chi connectivity index (χ0n) is 11.1. The molecule has 0 aromatic carbocycles. The molecule has 0 atom stereocenters. The van der Waals surface area contributed by atoms with E-state index in [0.29, 0.717) is 26.1 Å². The summed E-state index contributed by atoms with van der Waals surface area (Å²) < 4.78 is 71.1. The molecule has 0 amide bonds. The summed E-state index contributed by atoms with van der Waals surface area (Å²) in [4.78, 5) is 10.8. The van der Waals surface area contributed by atoms with Crippen LogP contribution in [0.2, 0.25) is 0 Å². The van der Waals surface area contributed by atoms with Gasteiger partial charge in [-0.15, -0.1) is 5.10 Å². The van der Waals surface area contributed by atoms with Crippen molar-refractivity contribution in [3.05, 3.63) is 6.20 Å². The maximum atomic E-state index is 12.6. The first-order valence-electron chi connectivity index (χ1n) is 6.28. The Labute approximate surface area is 121 Å². The molecule has 1 N–H and O–H groups in total. The lowest BCUT2D eigenvalue weighted by Gasteiger charge is -2.23. The van der Waals surface area contributed by atoms with Gasteiger partial charge >= 0.3 is 18.7 Å². The van der Waals surface area contributed by atoms with Crippen molar-refractivity contribution >= 4 is 11.7 Å². The Balaban J connectivity index is 2.17. The molecule has 2 rings (SSSR count). The Kier molecular flexibility index (Phi) is 4.84. The standard InChI is InChI=1S/C11H12F5N3O3/c12-10(13)19-5-7(17-6-1-3-21-4-2-6)8(18-19)22-9(20)11(14,15)16/h5-6,10,17H,1-4H2. The molecule has 11 heteroatoms. The van der Waals surface area contributed by atoms with Gasteiger partial charge in [0.25, 0.3) is 5.88 Å². The van der Waals surface area contributed by atoms with Gasteiger partial charge in [0.05, 0.1) is 6.20 Å². The van der Waals surface area contributed by atoms with Gasteiger partial charge in [0, 0.05) is 19.3 Å². The van der Waals surface area contributed by atoms with Crippen LogP contribution in [0, 0.1) is 0 Å². The molecule has 0 unspecified atom stereocenters. The number of aromatic nitrogens is 2. The monoisotopic (exact) mass is 329 g/mol. The van der Waals surface area contributed by atoms with E-state index in [1.165, 1.54) is 0 Å². The van der Waals surface area contributed by atoms with Crippen molar-refractivity contribution in [1.29, 1.82) is 0 Å². The molecule has 0 bridgehead atoms. The minimum Gasteiger partial charge on any atom is -0.397 e. The number of esters is 1. The van der Waals surface area contributed by atoms with Gasteiger partial charge in [-0.2, -0.15) is 22.0 Å². The maximum Gasteiger partial charge on any atom is 0.491 e. The normalized spacial score (nSPS) is 16.8. The van der Waals surface area contributed by atoms with Gasteiger partial charge < -0.3 is 14.8 Å². The molecule has 0 radical (unpaired) electrons. The van der Waals surface area contributed by atoms with Crippen LogP contribution in [0.1, 0.15) is 19.4 Å². The third kappa shape index (κ3) is 4.06. The van der Waals surface area contributed by atoms with E-state index in [1.807, 2.05) is 0 Å². The van der Waals surface area contributed by atoms with Crippen molar-refractivity contribution < 1.29 is 36.2 Å². The van der Waals surface area contributed by atoms with Crippen LogP contribution in [-0.4, -0.2) is 41.2 Å². The summed E-state index contributed by atoms with van der Waals surface area (Å²) in [6.07, 6.45) is -3.39. The van der Waals surface area contributed by atoms with Gasteiger partial charge in [0.2, 0.25) is 0 Å². The lowest BCUT2D eigenvalue weighted by Crippen LogP contribution is -2.30. The summed E-state index contributed by atoms with van der Waals surface area (Å²) in [5.41, 5.74) is -0.204. The van der Waals surface area contributed by atoms with Crippen molar-refractivity contribution in [2.75, 3.05) is 18.5 Å². The Morgan fingerprint density at radius 3 is 2.59 bits per heavy atom. The minimum absolute atomic E-state index is 0.112. The van der Waals surface area contributed by atoms with E-state index < -0.39 is 24.6 Å². The second-order valence-corrected chi connectivity index (χ2v) is 4.52. The van der Waals surface area contributed by atoms with Gasteiger partial charge in [-0.25, -0.2) is 9.48 Å². The maximum absolute atomic E-state index is 12.6. The number of nitrogens with one attached hydrogen (secondary N) is 1. The van der Waals surface area contributed by atoms with E-state index in [-0.39, 0.29) is 16.4 Å². The first-order valence-corrected chi connectivity index (χ1v) is 6.28. The number of rotatable bonds is 4. The number of nitrogens with zero attached hydrogens (tertiary/aromatic N) is 2. The Bertz CT molecular complexity index is 526. The smallest absolute Gasteiger partial charge is 0.397 e. The van der Waals surface area contributed by atoms with E-state index in [1.54, 1.807) is 0 Å². The molecule has 1 aromatic heterocycles. The van der Waals surface area contributed by atoms with Crippen LogP contribution < -0.4 is 10.1 Å². The highest BCUT2D eigenvalue weighted by Crippen LogP contribution is 2.29. The van der Waals surface area contributed by atoms with Gasteiger partial charge in [-0.05, 0) is 12.8 Å². The Hall–Kier alpha value is -1.91. The molecule has 124 valence electrons. The number of hydrogen-bond donors (Lipinski definition) is 1. The topological polar surface area (TPSA) is 65.4 Å². The van der Waals surface area contributed by atoms with Crippen LogP contribution >= 0.6 is 0 Å². The summed E-state index contributed by atoms with van der Waals surface area (Å²) in [7, 11) is 0. The number of carbonyl (C=O) groups excluding carboxylic acids is 1. The first kappa shape index (κ1) is 16.5. The molecule has 1 saturated heterocycles. The summed E-state index contributed by atoms with van der Waals surface area (Å²) in [5, 5.41) is 5.90. The highest BCUT2D eigenvalue weighted by atomic mass is 19.4. The number of halogens is 5. The highest BCUT2D eigenvalue weighted by molar-refractivity contribution is 5.79. The molecule has 6 nitrogen and oxygen atoms in total. The summed E-state index contributed by atoms with van der Waals surface area (Å²) in [6.45, 7) is -2.22. The van der Waals surface area contributed by atoms with Gasteiger partial charge in [0.1, 0.15) is 5.69 Å². The second kappa shape index (κ2) is 6.46.